The SMILES string of the molecule is COC(=O)c1ccc(Cl)c(NC(=O)c2cnc(NCCCN(C)C)cn2)c1. The topological polar surface area (TPSA) is 96.4 Å². The first kappa shape index (κ1) is 20.6. The Morgan fingerprint density at radius 1 is 1.22 bits per heavy atom. The zero-order valence-corrected chi connectivity index (χ0v) is 16.2. The molecule has 27 heavy (non-hydrogen) atoms. The average molecular weight is 392 g/mol. The van der Waals surface area contributed by atoms with E-state index in [9.17, 15) is 9.59 Å². The highest BCUT2D eigenvalue weighted by atomic mass is 35.5. The van der Waals surface area contributed by atoms with Gasteiger partial charge in [0.15, 0.2) is 0 Å². The van der Waals surface area contributed by atoms with Gasteiger partial charge in [-0.25, -0.2) is 14.8 Å². The molecule has 0 unspecified atom stereocenters. The molecule has 9 heteroatoms. The second-order valence-electron chi connectivity index (χ2n) is 6.01. The van der Waals surface area contributed by atoms with Crippen LogP contribution in [0.2, 0.25) is 5.02 Å². The maximum atomic E-state index is 12.3. The molecule has 2 rings (SSSR count). The van der Waals surface area contributed by atoms with Crippen molar-refractivity contribution in [1.29, 1.82) is 0 Å². The van der Waals surface area contributed by atoms with Gasteiger partial charge in [-0.05, 0) is 45.3 Å². The highest BCUT2D eigenvalue weighted by Crippen LogP contribution is 2.24. The van der Waals surface area contributed by atoms with Crippen LogP contribution in [-0.4, -0.2) is 61.0 Å². The normalized spacial score (nSPS) is 10.6. The molecule has 0 spiro atoms. The number of aromatic nitrogens is 2. The fourth-order valence-electron chi connectivity index (χ4n) is 2.20. The molecule has 8 nitrogen and oxygen atoms in total. The molecule has 0 radical (unpaired) electrons. The predicted molar refractivity (Wildman–Crippen MR) is 104 cm³/mol. The van der Waals surface area contributed by atoms with E-state index in [0.717, 1.165) is 19.5 Å². The van der Waals surface area contributed by atoms with E-state index in [-0.39, 0.29) is 16.9 Å². The van der Waals surface area contributed by atoms with Gasteiger partial charge < -0.3 is 20.3 Å². The minimum atomic E-state index is -0.522. The number of esters is 1. The number of amides is 1. The van der Waals surface area contributed by atoms with Gasteiger partial charge >= 0.3 is 5.97 Å². The standard InChI is InChI=1S/C18H22ClN5O3/c1-24(2)8-4-7-20-16-11-21-15(10-22-16)17(25)23-14-9-12(18(26)27-3)5-6-13(14)19/h5-6,9-11H,4,7-8H2,1-3H3,(H,20,22)(H,23,25). The number of carbonyl (C=O) groups excluding carboxylic acids is 2. The van der Waals surface area contributed by atoms with Crippen LogP contribution in [0, 0.1) is 0 Å². The van der Waals surface area contributed by atoms with Crippen molar-refractivity contribution in [3.05, 3.63) is 46.9 Å². The lowest BCUT2D eigenvalue weighted by Crippen LogP contribution is -2.17. The van der Waals surface area contributed by atoms with Crippen molar-refractivity contribution in [3.8, 4) is 0 Å². The minimum absolute atomic E-state index is 0.133. The monoisotopic (exact) mass is 391 g/mol. The Bertz CT molecular complexity index is 796. The largest absolute Gasteiger partial charge is 0.465 e. The highest BCUT2D eigenvalue weighted by Gasteiger charge is 2.13. The Kier molecular flexibility index (Phi) is 7.51. The lowest BCUT2D eigenvalue weighted by molar-refractivity contribution is 0.0600. The number of benzene rings is 1. The van der Waals surface area contributed by atoms with E-state index in [1.54, 1.807) is 0 Å². The van der Waals surface area contributed by atoms with Crippen LogP contribution in [0.3, 0.4) is 0 Å². The van der Waals surface area contributed by atoms with Gasteiger partial charge in [-0.2, -0.15) is 0 Å². The third-order valence-corrected chi connectivity index (χ3v) is 3.94. The zero-order valence-electron chi connectivity index (χ0n) is 15.5. The second kappa shape index (κ2) is 9.84. The second-order valence-corrected chi connectivity index (χ2v) is 6.42. The summed E-state index contributed by atoms with van der Waals surface area (Å²) in [6.07, 6.45) is 3.84. The third-order valence-electron chi connectivity index (χ3n) is 3.61. The molecule has 2 N–H and O–H groups in total. The Morgan fingerprint density at radius 2 is 2.00 bits per heavy atom. The number of halogens is 1. The van der Waals surface area contributed by atoms with E-state index in [2.05, 4.69) is 30.2 Å². The van der Waals surface area contributed by atoms with E-state index in [0.29, 0.717) is 10.8 Å². The summed E-state index contributed by atoms with van der Waals surface area (Å²) in [5.74, 6) is -0.409. The first-order valence-corrected chi connectivity index (χ1v) is 8.68. The average Bonchev–Trinajstić information content (AvgIpc) is 2.66. The highest BCUT2D eigenvalue weighted by molar-refractivity contribution is 6.34. The fraction of sp³-hybridized carbons (Fsp3) is 0.333. The van der Waals surface area contributed by atoms with E-state index in [1.165, 1.54) is 37.7 Å². The molecule has 2 aromatic rings. The van der Waals surface area contributed by atoms with Crippen LogP contribution in [0.15, 0.2) is 30.6 Å². The molecular formula is C18H22ClN5O3. The number of methoxy groups -OCH3 is 1. The van der Waals surface area contributed by atoms with Crippen LogP contribution in [0.5, 0.6) is 0 Å². The van der Waals surface area contributed by atoms with Crippen LogP contribution >= 0.6 is 11.6 Å². The summed E-state index contributed by atoms with van der Waals surface area (Å²) < 4.78 is 4.66. The summed E-state index contributed by atoms with van der Waals surface area (Å²) in [7, 11) is 5.31. The quantitative estimate of drug-likeness (QED) is 0.527. The number of nitrogens with one attached hydrogen (secondary N) is 2. The van der Waals surface area contributed by atoms with Gasteiger partial charge in [-0.1, -0.05) is 11.6 Å². The van der Waals surface area contributed by atoms with E-state index >= 15 is 0 Å². The fourth-order valence-corrected chi connectivity index (χ4v) is 2.37. The summed E-state index contributed by atoms with van der Waals surface area (Å²) >= 11 is 6.08. The number of hydrogen-bond acceptors (Lipinski definition) is 7. The molecule has 144 valence electrons. The number of carbonyl (C=O) groups is 2. The molecule has 0 aliphatic carbocycles. The van der Waals surface area contributed by atoms with Crippen molar-refractivity contribution in [2.45, 2.75) is 6.42 Å². The molecule has 0 saturated heterocycles. The van der Waals surface area contributed by atoms with Crippen LogP contribution in [0.4, 0.5) is 11.5 Å². The smallest absolute Gasteiger partial charge is 0.337 e. The molecule has 0 fully saturated rings. The van der Waals surface area contributed by atoms with E-state index in [1.807, 2.05) is 14.1 Å². The first-order chi connectivity index (χ1) is 12.9. The summed E-state index contributed by atoms with van der Waals surface area (Å²) in [5, 5.41) is 6.06. The van der Waals surface area contributed by atoms with Gasteiger partial charge in [0.25, 0.3) is 5.91 Å². The lowest BCUT2D eigenvalue weighted by atomic mass is 10.2. The minimum Gasteiger partial charge on any atom is -0.465 e. The maximum Gasteiger partial charge on any atom is 0.337 e. The van der Waals surface area contributed by atoms with Crippen molar-refractivity contribution in [2.75, 3.05) is 44.9 Å². The molecule has 0 aliphatic rings. The summed E-state index contributed by atoms with van der Waals surface area (Å²) in [6, 6.07) is 4.47. The van der Waals surface area contributed by atoms with Crippen LogP contribution < -0.4 is 10.6 Å². The van der Waals surface area contributed by atoms with Crippen molar-refractivity contribution in [1.82, 2.24) is 14.9 Å². The summed E-state index contributed by atoms with van der Waals surface area (Å²) in [5.41, 5.74) is 0.700. The predicted octanol–water partition coefficient (Wildman–Crippen LogP) is 2.53. The number of ether oxygens (including phenoxy) is 1. The molecule has 0 bridgehead atoms. The number of hydrogen-bond donors (Lipinski definition) is 2. The zero-order chi connectivity index (χ0) is 19.8. The van der Waals surface area contributed by atoms with Crippen LogP contribution in [-0.2, 0) is 4.74 Å². The number of anilines is 2. The molecule has 0 saturated carbocycles. The summed E-state index contributed by atoms with van der Waals surface area (Å²) in [4.78, 5) is 34.3. The van der Waals surface area contributed by atoms with E-state index in [4.69, 9.17) is 11.6 Å². The third kappa shape index (κ3) is 6.19. The Hall–Kier alpha value is -2.71. The molecular weight excluding hydrogens is 370 g/mol. The van der Waals surface area contributed by atoms with Crippen molar-refractivity contribution in [3.63, 3.8) is 0 Å². The molecule has 1 aromatic heterocycles. The Labute approximate surface area is 162 Å². The molecule has 0 aliphatic heterocycles. The Morgan fingerprint density at radius 3 is 2.63 bits per heavy atom. The van der Waals surface area contributed by atoms with Crippen molar-refractivity contribution in [2.24, 2.45) is 0 Å². The molecule has 1 amide bonds. The molecule has 0 atom stereocenters. The van der Waals surface area contributed by atoms with Gasteiger partial charge in [-0.3, -0.25) is 4.79 Å². The van der Waals surface area contributed by atoms with Gasteiger partial charge in [0.05, 0.1) is 35.8 Å². The van der Waals surface area contributed by atoms with E-state index < -0.39 is 11.9 Å². The number of rotatable bonds is 8. The maximum absolute atomic E-state index is 12.3. The van der Waals surface area contributed by atoms with Crippen molar-refractivity contribution < 1.29 is 14.3 Å². The molecule has 1 heterocycles. The van der Waals surface area contributed by atoms with Gasteiger partial charge in [-0.15, -0.1) is 0 Å². The summed E-state index contributed by atoms with van der Waals surface area (Å²) in [6.45, 7) is 1.72. The number of nitrogens with zero attached hydrogens (tertiary/aromatic N) is 3. The lowest BCUT2D eigenvalue weighted by Gasteiger charge is -2.10. The van der Waals surface area contributed by atoms with Gasteiger partial charge in [0, 0.05) is 6.54 Å². The van der Waals surface area contributed by atoms with Crippen molar-refractivity contribution >= 4 is 35.0 Å². The van der Waals surface area contributed by atoms with Gasteiger partial charge in [0.2, 0.25) is 0 Å². The van der Waals surface area contributed by atoms with Crippen LogP contribution in [0.1, 0.15) is 27.3 Å². The Balaban J connectivity index is 1.99. The van der Waals surface area contributed by atoms with Gasteiger partial charge in [0.1, 0.15) is 11.5 Å². The van der Waals surface area contributed by atoms with Crippen LogP contribution in [0.25, 0.3) is 0 Å². The molecule has 1 aromatic carbocycles. The first-order valence-electron chi connectivity index (χ1n) is 8.30.